The number of fused-ring (bicyclic) bond motifs is 2. The molecule has 1 aliphatic heterocycles. The lowest BCUT2D eigenvalue weighted by Crippen LogP contribution is -2.31. The Kier molecular flexibility index (Phi) is 5.96. The average molecular weight is 510 g/mol. The van der Waals surface area contributed by atoms with Crippen LogP contribution in [-0.2, 0) is 11.3 Å². The highest BCUT2D eigenvalue weighted by molar-refractivity contribution is 5.94. The molecule has 2 N–H and O–H groups in total. The number of rotatable bonds is 7. The number of nitrogens with one attached hydrogen (secondary N) is 1. The summed E-state index contributed by atoms with van der Waals surface area (Å²) in [5.74, 6) is -0.0630. The molecule has 0 bridgehead atoms. The zero-order valence-electron chi connectivity index (χ0n) is 21.1. The zero-order chi connectivity index (χ0) is 26.4. The van der Waals surface area contributed by atoms with E-state index in [1.165, 1.54) is 6.07 Å². The molecule has 192 valence electrons. The molecule has 3 heterocycles. The van der Waals surface area contributed by atoms with Crippen LogP contribution >= 0.6 is 0 Å². The molecule has 6 rings (SSSR count). The maximum absolute atomic E-state index is 13.2. The summed E-state index contributed by atoms with van der Waals surface area (Å²) in [5.41, 5.74) is 4.51. The molecule has 1 unspecified atom stereocenters. The van der Waals surface area contributed by atoms with Gasteiger partial charge in [0.1, 0.15) is 11.3 Å². The Bertz CT molecular complexity index is 1750. The van der Waals surface area contributed by atoms with E-state index in [9.17, 15) is 14.7 Å². The first-order chi connectivity index (χ1) is 18.4. The van der Waals surface area contributed by atoms with Gasteiger partial charge in [0.25, 0.3) is 0 Å². The Balaban J connectivity index is 1.40. The topological polar surface area (TPSA) is 107 Å². The van der Waals surface area contributed by atoms with Gasteiger partial charge >= 0.3 is 5.97 Å². The highest BCUT2D eigenvalue weighted by Gasteiger charge is 2.21. The van der Waals surface area contributed by atoms with E-state index in [-0.39, 0.29) is 17.0 Å². The van der Waals surface area contributed by atoms with Gasteiger partial charge in [-0.1, -0.05) is 18.2 Å². The van der Waals surface area contributed by atoms with Crippen molar-refractivity contribution < 1.29 is 19.1 Å². The second kappa shape index (κ2) is 9.46. The molecule has 38 heavy (non-hydrogen) atoms. The molecule has 1 atom stereocenters. The normalized spacial score (nSPS) is 14.5. The minimum Gasteiger partial charge on any atom is -0.478 e. The van der Waals surface area contributed by atoms with Crippen LogP contribution in [0.25, 0.3) is 33.2 Å². The average Bonchev–Trinajstić information content (AvgIpc) is 3.28. The number of carbonyl (C=O) groups is 1. The van der Waals surface area contributed by atoms with E-state index in [1.807, 2.05) is 55.1 Å². The predicted molar refractivity (Wildman–Crippen MR) is 146 cm³/mol. The van der Waals surface area contributed by atoms with Gasteiger partial charge in [-0.15, -0.1) is 0 Å². The Hall–Kier alpha value is -4.43. The van der Waals surface area contributed by atoms with E-state index >= 15 is 0 Å². The Morgan fingerprint density at radius 2 is 1.97 bits per heavy atom. The maximum Gasteiger partial charge on any atom is 0.337 e. The molecule has 2 aromatic heterocycles. The minimum atomic E-state index is -1.01. The fourth-order valence-electron chi connectivity index (χ4n) is 5.03. The van der Waals surface area contributed by atoms with Crippen molar-refractivity contribution in [3.8, 4) is 11.3 Å². The van der Waals surface area contributed by atoms with Crippen LogP contribution in [-0.4, -0.2) is 34.1 Å². The van der Waals surface area contributed by atoms with E-state index in [0.717, 1.165) is 47.4 Å². The Labute approximate surface area is 218 Å². The maximum atomic E-state index is 13.2. The lowest BCUT2D eigenvalue weighted by molar-refractivity contribution is -0.0403. The molecule has 1 fully saturated rings. The van der Waals surface area contributed by atoms with Gasteiger partial charge in [-0.25, -0.2) is 4.79 Å². The van der Waals surface area contributed by atoms with Gasteiger partial charge in [0.15, 0.2) is 5.43 Å². The van der Waals surface area contributed by atoms with Crippen molar-refractivity contribution in [3.63, 3.8) is 0 Å². The van der Waals surface area contributed by atoms with Gasteiger partial charge in [-0.3, -0.25) is 9.48 Å². The van der Waals surface area contributed by atoms with E-state index in [2.05, 4.69) is 10.4 Å². The van der Waals surface area contributed by atoms with Gasteiger partial charge < -0.3 is 19.6 Å². The van der Waals surface area contributed by atoms with Crippen molar-refractivity contribution >= 4 is 33.5 Å². The molecular formula is C30H27N3O5. The van der Waals surface area contributed by atoms with Gasteiger partial charge in [0.2, 0.25) is 0 Å². The highest BCUT2D eigenvalue weighted by Crippen LogP contribution is 2.32. The number of aromatic nitrogens is 2. The first kappa shape index (κ1) is 23.9. The first-order valence-electron chi connectivity index (χ1n) is 12.6. The number of nitrogens with zero attached hydrogens (tertiary/aromatic N) is 2. The summed E-state index contributed by atoms with van der Waals surface area (Å²) >= 11 is 0. The van der Waals surface area contributed by atoms with Crippen LogP contribution in [0, 0.1) is 12.8 Å². The number of carboxylic acids is 1. The molecule has 5 aromatic rings. The standard InChI is InChI=1S/C30H27N3O5/c1-17-9-23(18(2)32-25-6-4-3-5-22(25)30(35)36)29-24(10-17)27(34)12-28(38-29)20-7-8-26-21(11-20)13-31-33(26)14-19-15-37-16-19/h3-13,18-19,32H,14-16H2,1-2H3,(H,35,36). The fraction of sp³-hybridized carbons (Fsp3) is 0.233. The van der Waals surface area contributed by atoms with Crippen LogP contribution in [0.4, 0.5) is 5.69 Å². The highest BCUT2D eigenvalue weighted by atomic mass is 16.5. The second-order valence-corrected chi connectivity index (χ2v) is 9.93. The summed E-state index contributed by atoms with van der Waals surface area (Å²) in [6.07, 6.45) is 1.83. The van der Waals surface area contributed by atoms with Gasteiger partial charge in [-0.05, 0) is 55.8 Å². The number of carboxylic acid groups (broad SMARTS) is 1. The molecule has 1 aliphatic rings. The Morgan fingerprint density at radius 1 is 1.16 bits per heavy atom. The number of benzene rings is 3. The molecule has 8 nitrogen and oxygen atoms in total. The van der Waals surface area contributed by atoms with Crippen molar-refractivity contribution in [3.05, 3.63) is 93.8 Å². The molecule has 3 aromatic carbocycles. The number of para-hydroxylation sites is 1. The van der Waals surface area contributed by atoms with Crippen molar-refractivity contribution in [2.45, 2.75) is 26.4 Å². The number of hydrogen-bond acceptors (Lipinski definition) is 6. The zero-order valence-corrected chi connectivity index (χ0v) is 21.1. The van der Waals surface area contributed by atoms with Crippen LogP contribution in [0.2, 0.25) is 0 Å². The summed E-state index contributed by atoms with van der Waals surface area (Å²) in [4.78, 5) is 25.0. The predicted octanol–water partition coefficient (Wildman–Crippen LogP) is 5.64. The lowest BCUT2D eigenvalue weighted by Gasteiger charge is -2.25. The van der Waals surface area contributed by atoms with E-state index in [4.69, 9.17) is 9.15 Å². The van der Waals surface area contributed by atoms with Crippen molar-refractivity contribution in [2.75, 3.05) is 18.5 Å². The van der Waals surface area contributed by atoms with Crippen molar-refractivity contribution in [1.82, 2.24) is 9.78 Å². The van der Waals surface area contributed by atoms with Crippen molar-refractivity contribution in [1.29, 1.82) is 0 Å². The van der Waals surface area contributed by atoms with Crippen LogP contribution in [0.5, 0.6) is 0 Å². The van der Waals surface area contributed by atoms with Gasteiger partial charge in [0, 0.05) is 40.7 Å². The largest absolute Gasteiger partial charge is 0.478 e. The number of aromatic carboxylic acids is 1. The second-order valence-electron chi connectivity index (χ2n) is 9.93. The fourth-order valence-corrected chi connectivity index (χ4v) is 5.03. The quantitative estimate of drug-likeness (QED) is 0.293. The lowest BCUT2D eigenvalue weighted by atomic mass is 10.00. The van der Waals surface area contributed by atoms with Gasteiger partial charge in [-0.2, -0.15) is 5.10 Å². The molecule has 0 aliphatic carbocycles. The third-order valence-corrected chi connectivity index (χ3v) is 7.06. The number of hydrogen-bond donors (Lipinski definition) is 2. The monoisotopic (exact) mass is 509 g/mol. The van der Waals surface area contributed by atoms with Crippen LogP contribution in [0.3, 0.4) is 0 Å². The third-order valence-electron chi connectivity index (χ3n) is 7.06. The van der Waals surface area contributed by atoms with Crippen LogP contribution < -0.4 is 10.7 Å². The van der Waals surface area contributed by atoms with Crippen LogP contribution in [0.1, 0.15) is 34.5 Å². The van der Waals surface area contributed by atoms with Gasteiger partial charge in [0.05, 0.1) is 41.9 Å². The number of anilines is 1. The minimum absolute atomic E-state index is 0.134. The molecular weight excluding hydrogens is 482 g/mol. The summed E-state index contributed by atoms with van der Waals surface area (Å²) < 4.78 is 13.7. The summed E-state index contributed by atoms with van der Waals surface area (Å²) in [7, 11) is 0. The van der Waals surface area contributed by atoms with Crippen LogP contribution in [0.15, 0.2) is 76.1 Å². The smallest absolute Gasteiger partial charge is 0.337 e. The summed E-state index contributed by atoms with van der Waals surface area (Å²) in [6.45, 7) is 6.19. The van der Waals surface area contributed by atoms with E-state index < -0.39 is 5.97 Å². The first-order valence-corrected chi connectivity index (χ1v) is 12.6. The number of aryl methyl sites for hydroxylation is 1. The van der Waals surface area contributed by atoms with Crippen molar-refractivity contribution in [2.24, 2.45) is 5.92 Å². The SMILES string of the molecule is Cc1cc(C(C)Nc2ccccc2C(=O)O)c2oc(-c3ccc4c(cnn4CC4COC4)c3)cc(=O)c2c1. The summed E-state index contributed by atoms with van der Waals surface area (Å²) in [5, 5.41) is 18.9. The summed E-state index contributed by atoms with van der Waals surface area (Å²) in [6, 6.07) is 17.7. The van der Waals surface area contributed by atoms with E-state index in [0.29, 0.717) is 28.3 Å². The van der Waals surface area contributed by atoms with E-state index in [1.54, 1.807) is 24.3 Å². The molecule has 8 heteroatoms. The Morgan fingerprint density at radius 3 is 2.74 bits per heavy atom. The molecule has 0 spiro atoms. The molecule has 0 amide bonds. The molecule has 0 saturated carbocycles. The third kappa shape index (κ3) is 4.33. The molecule has 0 radical (unpaired) electrons. The number of ether oxygens (including phenoxy) is 1. The molecule has 1 saturated heterocycles.